The van der Waals surface area contributed by atoms with E-state index in [2.05, 4.69) is 19.2 Å². The Morgan fingerprint density at radius 1 is 1.40 bits per heavy atom. The first-order valence-electron chi connectivity index (χ1n) is 4.62. The van der Waals surface area contributed by atoms with E-state index in [1.54, 1.807) is 0 Å². The smallest absolute Gasteiger partial charge is 0.00708 e. The van der Waals surface area contributed by atoms with Crippen LogP contribution in [0, 0.1) is 0 Å². The molecule has 1 nitrogen and oxygen atoms in total. The van der Waals surface area contributed by atoms with E-state index in [4.69, 9.17) is 0 Å². The van der Waals surface area contributed by atoms with Crippen LogP contribution in [0.2, 0.25) is 0 Å². The van der Waals surface area contributed by atoms with E-state index in [-0.39, 0.29) is 0 Å². The van der Waals surface area contributed by atoms with E-state index in [0.29, 0.717) is 0 Å². The lowest BCUT2D eigenvalue weighted by Gasteiger charge is -2.14. The molecule has 60 valence electrons. The molecule has 1 aliphatic carbocycles. The van der Waals surface area contributed by atoms with Crippen LogP contribution in [0.3, 0.4) is 0 Å². The van der Waals surface area contributed by atoms with Gasteiger partial charge in [-0.1, -0.05) is 20.3 Å². The average molecular weight is 141 g/mol. The second-order valence-electron chi connectivity index (χ2n) is 3.33. The molecule has 0 aromatic rings. The highest BCUT2D eigenvalue weighted by Gasteiger charge is 2.22. The molecule has 0 bridgehead atoms. The average Bonchev–Trinajstić information content (AvgIpc) is 2.71. The Balaban J connectivity index is 2.05. The largest absolute Gasteiger partial charge is 0.311 e. The third kappa shape index (κ3) is 2.70. The lowest BCUT2D eigenvalue weighted by atomic mass is 10.1. The summed E-state index contributed by atoms with van der Waals surface area (Å²) < 4.78 is 0. The van der Waals surface area contributed by atoms with Crippen LogP contribution in [0.4, 0.5) is 0 Å². The van der Waals surface area contributed by atoms with Crippen molar-refractivity contribution in [3.05, 3.63) is 0 Å². The SMILES string of the molecule is CCCC(CC)NC1CC1. The van der Waals surface area contributed by atoms with Gasteiger partial charge in [0.05, 0.1) is 0 Å². The summed E-state index contributed by atoms with van der Waals surface area (Å²) >= 11 is 0. The molecule has 0 amide bonds. The molecule has 0 heterocycles. The molecule has 1 fully saturated rings. The van der Waals surface area contributed by atoms with E-state index in [1.165, 1.54) is 32.1 Å². The molecule has 1 unspecified atom stereocenters. The first-order valence-corrected chi connectivity index (χ1v) is 4.62. The van der Waals surface area contributed by atoms with Crippen LogP contribution < -0.4 is 5.32 Å². The van der Waals surface area contributed by atoms with Gasteiger partial charge in [0.2, 0.25) is 0 Å². The maximum atomic E-state index is 3.64. The molecule has 1 N–H and O–H groups in total. The predicted molar refractivity (Wildman–Crippen MR) is 45.1 cm³/mol. The molecule has 10 heavy (non-hydrogen) atoms. The van der Waals surface area contributed by atoms with Crippen LogP contribution in [-0.4, -0.2) is 12.1 Å². The maximum Gasteiger partial charge on any atom is 0.00708 e. The third-order valence-corrected chi connectivity index (χ3v) is 2.18. The van der Waals surface area contributed by atoms with Crippen LogP contribution in [0.15, 0.2) is 0 Å². The Morgan fingerprint density at radius 3 is 2.50 bits per heavy atom. The summed E-state index contributed by atoms with van der Waals surface area (Å²) in [7, 11) is 0. The van der Waals surface area contributed by atoms with Gasteiger partial charge in [-0.2, -0.15) is 0 Å². The first kappa shape index (κ1) is 8.06. The maximum absolute atomic E-state index is 3.64. The Bertz CT molecular complexity index is 86.7. The molecule has 1 heteroatoms. The first-order chi connectivity index (χ1) is 4.86. The van der Waals surface area contributed by atoms with Crippen molar-refractivity contribution in [2.75, 3.05) is 0 Å². The monoisotopic (exact) mass is 141 g/mol. The zero-order valence-corrected chi connectivity index (χ0v) is 7.19. The summed E-state index contributed by atoms with van der Waals surface area (Å²) in [6, 6.07) is 1.69. The Morgan fingerprint density at radius 2 is 2.10 bits per heavy atom. The molecule has 1 rings (SSSR count). The number of nitrogens with one attached hydrogen (secondary N) is 1. The van der Waals surface area contributed by atoms with Gasteiger partial charge in [-0.15, -0.1) is 0 Å². The fourth-order valence-electron chi connectivity index (χ4n) is 1.34. The van der Waals surface area contributed by atoms with Crippen molar-refractivity contribution in [2.45, 2.75) is 58.0 Å². The molecule has 1 aliphatic rings. The summed E-state index contributed by atoms with van der Waals surface area (Å²) in [5.74, 6) is 0. The van der Waals surface area contributed by atoms with Gasteiger partial charge in [-0.3, -0.25) is 0 Å². The lowest BCUT2D eigenvalue weighted by molar-refractivity contribution is 0.461. The second kappa shape index (κ2) is 3.97. The van der Waals surface area contributed by atoms with Crippen molar-refractivity contribution in [1.29, 1.82) is 0 Å². The molecule has 0 aromatic carbocycles. The van der Waals surface area contributed by atoms with Crippen LogP contribution in [0.1, 0.15) is 46.0 Å². The number of hydrogen-bond acceptors (Lipinski definition) is 1. The minimum atomic E-state index is 0.803. The van der Waals surface area contributed by atoms with Crippen LogP contribution in [0.25, 0.3) is 0 Å². The summed E-state index contributed by atoms with van der Waals surface area (Å²) in [5, 5.41) is 3.64. The Hall–Kier alpha value is -0.0400. The summed E-state index contributed by atoms with van der Waals surface area (Å²) in [6.45, 7) is 4.53. The zero-order valence-electron chi connectivity index (χ0n) is 7.19. The Labute approximate surface area is 64.2 Å². The van der Waals surface area contributed by atoms with Crippen molar-refractivity contribution in [2.24, 2.45) is 0 Å². The third-order valence-electron chi connectivity index (χ3n) is 2.18. The van der Waals surface area contributed by atoms with E-state index in [0.717, 1.165) is 12.1 Å². The van der Waals surface area contributed by atoms with Gasteiger partial charge in [0.15, 0.2) is 0 Å². The quantitative estimate of drug-likeness (QED) is 0.619. The Kier molecular flexibility index (Phi) is 3.20. The molecule has 0 aromatic heterocycles. The highest BCUT2D eigenvalue weighted by molar-refractivity contribution is 4.84. The van der Waals surface area contributed by atoms with Crippen LogP contribution in [-0.2, 0) is 0 Å². The zero-order chi connectivity index (χ0) is 7.40. The normalized spacial score (nSPS) is 21.0. The highest BCUT2D eigenvalue weighted by Crippen LogP contribution is 2.20. The molecule has 0 aliphatic heterocycles. The van der Waals surface area contributed by atoms with Crippen molar-refractivity contribution in [3.8, 4) is 0 Å². The standard InChI is InChI=1S/C9H19N/c1-3-5-8(4-2)10-9-6-7-9/h8-10H,3-7H2,1-2H3. The van der Waals surface area contributed by atoms with Gasteiger partial charge in [-0.05, 0) is 25.7 Å². The van der Waals surface area contributed by atoms with E-state index in [1.807, 2.05) is 0 Å². The fraction of sp³-hybridized carbons (Fsp3) is 1.00. The minimum Gasteiger partial charge on any atom is -0.311 e. The summed E-state index contributed by atoms with van der Waals surface area (Å²) in [5.41, 5.74) is 0. The fourth-order valence-corrected chi connectivity index (χ4v) is 1.34. The molecule has 1 atom stereocenters. The van der Waals surface area contributed by atoms with Crippen molar-refractivity contribution < 1.29 is 0 Å². The van der Waals surface area contributed by atoms with Crippen molar-refractivity contribution >= 4 is 0 Å². The molecule has 0 saturated heterocycles. The predicted octanol–water partition coefficient (Wildman–Crippen LogP) is 2.32. The van der Waals surface area contributed by atoms with E-state index < -0.39 is 0 Å². The lowest BCUT2D eigenvalue weighted by Crippen LogP contribution is -2.29. The molecule has 0 spiro atoms. The summed E-state index contributed by atoms with van der Waals surface area (Å²) in [6.07, 6.45) is 6.80. The molecule has 0 radical (unpaired) electrons. The van der Waals surface area contributed by atoms with Crippen molar-refractivity contribution in [3.63, 3.8) is 0 Å². The van der Waals surface area contributed by atoms with Gasteiger partial charge < -0.3 is 5.32 Å². The van der Waals surface area contributed by atoms with Gasteiger partial charge in [-0.25, -0.2) is 0 Å². The second-order valence-corrected chi connectivity index (χ2v) is 3.33. The van der Waals surface area contributed by atoms with Gasteiger partial charge in [0.25, 0.3) is 0 Å². The topological polar surface area (TPSA) is 12.0 Å². The minimum absolute atomic E-state index is 0.803. The molecule has 1 saturated carbocycles. The van der Waals surface area contributed by atoms with Gasteiger partial charge in [0, 0.05) is 12.1 Å². The molecular formula is C9H19N. The van der Waals surface area contributed by atoms with Crippen molar-refractivity contribution in [1.82, 2.24) is 5.32 Å². The van der Waals surface area contributed by atoms with Gasteiger partial charge in [0.1, 0.15) is 0 Å². The molecular weight excluding hydrogens is 122 g/mol. The van der Waals surface area contributed by atoms with Crippen LogP contribution >= 0.6 is 0 Å². The number of rotatable bonds is 5. The number of hydrogen-bond donors (Lipinski definition) is 1. The van der Waals surface area contributed by atoms with Gasteiger partial charge >= 0.3 is 0 Å². The summed E-state index contributed by atoms with van der Waals surface area (Å²) in [4.78, 5) is 0. The van der Waals surface area contributed by atoms with Crippen LogP contribution in [0.5, 0.6) is 0 Å². The van der Waals surface area contributed by atoms with E-state index >= 15 is 0 Å². The highest BCUT2D eigenvalue weighted by atomic mass is 15.0. The van der Waals surface area contributed by atoms with E-state index in [9.17, 15) is 0 Å².